The van der Waals surface area contributed by atoms with Gasteiger partial charge in [0.1, 0.15) is 5.03 Å². The molecule has 4 rings (SSSR count). The average molecular weight is 424 g/mol. The highest BCUT2D eigenvalue weighted by molar-refractivity contribution is 7.99. The van der Waals surface area contributed by atoms with Crippen LogP contribution in [0.5, 0.6) is 0 Å². The minimum Gasteiger partial charge on any atom is -0.325 e. The molecule has 2 aromatic heterocycles. The van der Waals surface area contributed by atoms with Gasteiger partial charge in [-0.15, -0.1) is 10.2 Å². The summed E-state index contributed by atoms with van der Waals surface area (Å²) in [4.78, 5) is 12.4. The van der Waals surface area contributed by atoms with Crippen LogP contribution in [0.4, 0.5) is 5.69 Å². The summed E-state index contributed by atoms with van der Waals surface area (Å²) in [5.41, 5.74) is 4.55. The molecule has 0 unspecified atom stereocenters. The summed E-state index contributed by atoms with van der Waals surface area (Å²) in [6, 6.07) is 16.9. The highest BCUT2D eigenvalue weighted by Gasteiger charge is 2.12. The second-order valence-electron chi connectivity index (χ2n) is 6.56. The van der Waals surface area contributed by atoms with Crippen molar-refractivity contribution in [1.82, 2.24) is 19.8 Å². The van der Waals surface area contributed by atoms with Gasteiger partial charge in [0.25, 0.3) is 0 Å². The van der Waals surface area contributed by atoms with E-state index in [0.717, 1.165) is 22.4 Å². The van der Waals surface area contributed by atoms with Crippen LogP contribution in [0.1, 0.15) is 11.1 Å². The maximum atomic E-state index is 12.4. The Morgan fingerprint density at radius 1 is 1.07 bits per heavy atom. The number of carbonyl (C=O) groups is 1. The molecule has 0 aliphatic carbocycles. The van der Waals surface area contributed by atoms with E-state index in [1.807, 2.05) is 56.3 Å². The fraction of sp³-hybridized carbons (Fsp3) is 0.143. The van der Waals surface area contributed by atoms with E-state index in [0.29, 0.717) is 21.5 Å². The van der Waals surface area contributed by atoms with Crippen molar-refractivity contribution in [3.63, 3.8) is 0 Å². The number of fused-ring (bicyclic) bond motifs is 1. The smallest absolute Gasteiger partial charge is 0.234 e. The van der Waals surface area contributed by atoms with Crippen molar-refractivity contribution < 1.29 is 4.79 Å². The third kappa shape index (κ3) is 4.26. The number of halogens is 1. The number of hydrogen-bond donors (Lipinski definition) is 1. The van der Waals surface area contributed by atoms with Gasteiger partial charge >= 0.3 is 0 Å². The number of amides is 1. The molecule has 0 bridgehead atoms. The van der Waals surface area contributed by atoms with Crippen molar-refractivity contribution in [3.8, 4) is 11.4 Å². The molecule has 1 amide bonds. The van der Waals surface area contributed by atoms with E-state index in [2.05, 4.69) is 20.6 Å². The van der Waals surface area contributed by atoms with E-state index in [1.165, 1.54) is 11.8 Å². The van der Waals surface area contributed by atoms with Crippen LogP contribution in [0, 0.1) is 13.8 Å². The number of nitrogens with one attached hydrogen (secondary N) is 1. The fourth-order valence-corrected chi connectivity index (χ4v) is 3.62. The van der Waals surface area contributed by atoms with Crippen molar-refractivity contribution in [2.45, 2.75) is 18.9 Å². The van der Waals surface area contributed by atoms with Crippen LogP contribution in [0.2, 0.25) is 5.02 Å². The first-order chi connectivity index (χ1) is 14.0. The van der Waals surface area contributed by atoms with Gasteiger partial charge in [0.15, 0.2) is 11.5 Å². The number of hydrogen-bond acceptors (Lipinski definition) is 5. The zero-order valence-corrected chi connectivity index (χ0v) is 17.5. The zero-order valence-electron chi connectivity index (χ0n) is 15.9. The first kappa shape index (κ1) is 19.4. The second-order valence-corrected chi connectivity index (χ2v) is 7.99. The topological polar surface area (TPSA) is 72.2 Å². The number of thioether (sulfide) groups is 1. The van der Waals surface area contributed by atoms with Gasteiger partial charge in [-0.25, -0.2) is 0 Å². The lowest BCUT2D eigenvalue weighted by Gasteiger charge is -2.10. The molecule has 0 saturated heterocycles. The summed E-state index contributed by atoms with van der Waals surface area (Å²) >= 11 is 7.33. The first-order valence-corrected chi connectivity index (χ1v) is 10.3. The number of aromatic nitrogens is 4. The lowest BCUT2D eigenvalue weighted by atomic mass is 10.1. The SMILES string of the molecule is Cc1cccc(NC(=O)CSc2ccc3nnc(-c4ccc(Cl)cc4)n3n2)c1C. The molecular weight excluding hydrogens is 406 g/mol. The molecule has 0 aliphatic heterocycles. The molecule has 0 radical (unpaired) electrons. The number of aryl methyl sites for hydroxylation is 1. The molecule has 0 aliphatic rings. The van der Waals surface area contributed by atoms with Crippen LogP contribution in [0.15, 0.2) is 59.6 Å². The molecule has 8 heteroatoms. The third-order valence-electron chi connectivity index (χ3n) is 4.57. The lowest BCUT2D eigenvalue weighted by Crippen LogP contribution is -2.15. The predicted octanol–water partition coefficient (Wildman–Crippen LogP) is 4.79. The Labute approximate surface area is 177 Å². The van der Waals surface area contributed by atoms with Gasteiger partial charge in [-0.1, -0.05) is 35.5 Å². The van der Waals surface area contributed by atoms with Crippen LogP contribution in [-0.4, -0.2) is 31.5 Å². The van der Waals surface area contributed by atoms with Crippen molar-refractivity contribution in [3.05, 3.63) is 70.7 Å². The summed E-state index contributed by atoms with van der Waals surface area (Å²) in [5, 5.41) is 17.3. The highest BCUT2D eigenvalue weighted by Crippen LogP contribution is 2.23. The van der Waals surface area contributed by atoms with Gasteiger partial charge < -0.3 is 5.32 Å². The van der Waals surface area contributed by atoms with Gasteiger partial charge in [-0.2, -0.15) is 9.61 Å². The molecule has 2 heterocycles. The highest BCUT2D eigenvalue weighted by atomic mass is 35.5. The van der Waals surface area contributed by atoms with Crippen molar-refractivity contribution in [1.29, 1.82) is 0 Å². The lowest BCUT2D eigenvalue weighted by molar-refractivity contribution is -0.113. The van der Waals surface area contributed by atoms with Crippen LogP contribution in [0.25, 0.3) is 17.0 Å². The van der Waals surface area contributed by atoms with E-state index >= 15 is 0 Å². The largest absolute Gasteiger partial charge is 0.325 e. The Morgan fingerprint density at radius 2 is 1.86 bits per heavy atom. The molecule has 2 aromatic carbocycles. The van der Waals surface area contributed by atoms with E-state index in [-0.39, 0.29) is 11.7 Å². The summed E-state index contributed by atoms with van der Waals surface area (Å²) < 4.78 is 1.67. The molecule has 0 fully saturated rings. The summed E-state index contributed by atoms with van der Waals surface area (Å²) in [6.07, 6.45) is 0. The maximum Gasteiger partial charge on any atom is 0.234 e. The quantitative estimate of drug-likeness (QED) is 0.467. The zero-order chi connectivity index (χ0) is 20.4. The van der Waals surface area contributed by atoms with E-state index in [4.69, 9.17) is 11.6 Å². The Bertz CT molecular complexity index is 1190. The molecule has 29 heavy (non-hydrogen) atoms. The molecule has 0 spiro atoms. The molecule has 0 atom stereocenters. The number of anilines is 1. The molecule has 6 nitrogen and oxygen atoms in total. The molecule has 146 valence electrons. The van der Waals surface area contributed by atoms with Gasteiger partial charge in [-0.05, 0) is 67.4 Å². The monoisotopic (exact) mass is 423 g/mol. The molecule has 1 N–H and O–H groups in total. The predicted molar refractivity (Wildman–Crippen MR) is 116 cm³/mol. The van der Waals surface area contributed by atoms with Crippen molar-refractivity contribution in [2.75, 3.05) is 11.1 Å². The minimum absolute atomic E-state index is 0.0766. The maximum absolute atomic E-state index is 12.4. The number of benzene rings is 2. The van der Waals surface area contributed by atoms with Gasteiger partial charge in [0.2, 0.25) is 5.91 Å². The summed E-state index contributed by atoms with van der Waals surface area (Å²) in [5.74, 6) is 0.802. The Hall–Kier alpha value is -2.90. The molecule has 4 aromatic rings. The number of rotatable bonds is 5. The van der Waals surface area contributed by atoms with Crippen LogP contribution in [-0.2, 0) is 4.79 Å². The van der Waals surface area contributed by atoms with E-state index in [9.17, 15) is 4.79 Å². The van der Waals surface area contributed by atoms with E-state index in [1.54, 1.807) is 16.6 Å². The Morgan fingerprint density at radius 3 is 2.66 bits per heavy atom. The van der Waals surface area contributed by atoms with Gasteiger partial charge in [0.05, 0.1) is 5.75 Å². The summed E-state index contributed by atoms with van der Waals surface area (Å²) in [6.45, 7) is 4.02. The van der Waals surface area contributed by atoms with E-state index < -0.39 is 0 Å². The normalized spacial score (nSPS) is 11.0. The standard InChI is InChI=1S/C21H18ClN5OS/c1-13-4-3-5-17(14(13)2)23-19(28)12-29-20-11-10-18-24-25-21(27(18)26-20)15-6-8-16(22)9-7-15/h3-11H,12H2,1-2H3,(H,23,28). The van der Waals surface area contributed by atoms with Crippen LogP contribution < -0.4 is 5.32 Å². The first-order valence-electron chi connectivity index (χ1n) is 8.98. The van der Waals surface area contributed by atoms with Crippen molar-refractivity contribution >= 4 is 40.6 Å². The minimum atomic E-state index is -0.0766. The fourth-order valence-electron chi connectivity index (χ4n) is 2.84. The third-order valence-corrected chi connectivity index (χ3v) is 5.74. The average Bonchev–Trinajstić information content (AvgIpc) is 3.14. The van der Waals surface area contributed by atoms with Crippen LogP contribution in [0.3, 0.4) is 0 Å². The van der Waals surface area contributed by atoms with Crippen molar-refractivity contribution in [2.24, 2.45) is 0 Å². The van der Waals surface area contributed by atoms with Crippen LogP contribution >= 0.6 is 23.4 Å². The second kappa shape index (κ2) is 8.23. The number of nitrogens with zero attached hydrogens (tertiary/aromatic N) is 4. The van der Waals surface area contributed by atoms with Gasteiger partial charge in [-0.3, -0.25) is 4.79 Å². The summed E-state index contributed by atoms with van der Waals surface area (Å²) in [7, 11) is 0. The molecule has 0 saturated carbocycles. The number of carbonyl (C=O) groups excluding carboxylic acids is 1. The van der Waals surface area contributed by atoms with Gasteiger partial charge in [0, 0.05) is 16.3 Å². The molecular formula is C21H18ClN5OS. The Kier molecular flexibility index (Phi) is 5.51. The Balaban J connectivity index is 1.49.